The summed E-state index contributed by atoms with van der Waals surface area (Å²) in [6.45, 7) is 5.27. The molecule has 1 atom stereocenters. The lowest BCUT2D eigenvalue weighted by molar-refractivity contribution is -0.133. The molecular weight excluding hydrogens is 394 g/mol. The summed E-state index contributed by atoms with van der Waals surface area (Å²) in [7, 11) is 1.53. The number of hydrogen-bond donors (Lipinski definition) is 2. The fourth-order valence-electron chi connectivity index (χ4n) is 3.29. The van der Waals surface area contributed by atoms with Crippen molar-refractivity contribution in [3.8, 4) is 17.6 Å². The van der Waals surface area contributed by atoms with E-state index in [-0.39, 0.29) is 12.5 Å². The lowest BCUT2D eigenvalue weighted by Gasteiger charge is -2.28. The van der Waals surface area contributed by atoms with Crippen LogP contribution in [-0.4, -0.2) is 36.3 Å². The summed E-state index contributed by atoms with van der Waals surface area (Å²) in [5.41, 5.74) is 6.77. The molecule has 0 bridgehead atoms. The van der Waals surface area contributed by atoms with Crippen molar-refractivity contribution < 1.29 is 19.1 Å². The largest absolute Gasteiger partial charge is 0.497 e. The number of anilines is 1. The number of carbonyl (C=O) groups is 3. The number of methoxy groups -OCH3 is 1. The minimum absolute atomic E-state index is 0.0621. The lowest BCUT2D eigenvalue weighted by atomic mass is 9.86. The van der Waals surface area contributed by atoms with Crippen LogP contribution in [0.3, 0.4) is 0 Å². The first-order valence-electron chi connectivity index (χ1n) is 9.58. The van der Waals surface area contributed by atoms with Crippen molar-refractivity contribution >= 4 is 23.4 Å². The van der Waals surface area contributed by atoms with Gasteiger partial charge in [-0.25, -0.2) is 0 Å². The Morgan fingerprint density at radius 1 is 1.29 bits per heavy atom. The van der Waals surface area contributed by atoms with Gasteiger partial charge in [0.25, 0.3) is 11.8 Å². The topological polar surface area (TPSA) is 102 Å². The number of benzene rings is 2. The highest BCUT2D eigenvalue weighted by molar-refractivity contribution is 6.02. The number of carbonyl (C=O) groups excluding carboxylic acids is 3. The number of imide groups is 1. The summed E-state index contributed by atoms with van der Waals surface area (Å²) >= 11 is 0. The number of nitrogen functional groups attached to an aromatic ring is 1. The monoisotopic (exact) mass is 417 g/mol. The van der Waals surface area contributed by atoms with Crippen LogP contribution in [0.4, 0.5) is 5.69 Å². The first-order valence-corrected chi connectivity index (χ1v) is 9.58. The van der Waals surface area contributed by atoms with Gasteiger partial charge in [-0.2, -0.15) is 0 Å². The average Bonchev–Trinajstić information content (AvgIpc) is 3.06. The Morgan fingerprint density at radius 3 is 2.61 bits per heavy atom. The maximum Gasteiger partial charge on any atom is 0.254 e. The fraction of sp³-hybridized carbons (Fsp3) is 0.208. The molecule has 0 radical (unpaired) electrons. The van der Waals surface area contributed by atoms with Crippen molar-refractivity contribution in [3.63, 3.8) is 0 Å². The van der Waals surface area contributed by atoms with Gasteiger partial charge in [0.05, 0.1) is 13.7 Å². The highest BCUT2D eigenvalue weighted by atomic mass is 16.5. The summed E-state index contributed by atoms with van der Waals surface area (Å²) in [6.07, 6.45) is 1.37. The molecule has 0 saturated carbocycles. The molecule has 1 aliphatic rings. The molecule has 7 heteroatoms. The van der Waals surface area contributed by atoms with E-state index in [0.29, 0.717) is 29.1 Å². The van der Waals surface area contributed by atoms with Crippen molar-refractivity contribution in [3.05, 3.63) is 71.8 Å². The Hall–Kier alpha value is -4.05. The van der Waals surface area contributed by atoms with Gasteiger partial charge in [0.15, 0.2) is 0 Å². The third-order valence-electron chi connectivity index (χ3n) is 5.02. The summed E-state index contributed by atoms with van der Waals surface area (Å²) < 4.78 is 5.20. The fourth-order valence-corrected chi connectivity index (χ4v) is 3.29. The minimum atomic E-state index is -1.49. The van der Waals surface area contributed by atoms with Crippen LogP contribution in [0.1, 0.15) is 28.4 Å². The SMILES string of the molecule is C=C[C@](C#Cc1ccc(N)cc1)(CN1Cc2ccc(OC)cc2C1=O)C(=O)NC(C)=O. The average molecular weight is 417 g/mol. The zero-order chi connectivity index (χ0) is 22.6. The van der Waals surface area contributed by atoms with Gasteiger partial charge >= 0.3 is 0 Å². The van der Waals surface area contributed by atoms with E-state index in [0.717, 1.165) is 5.56 Å². The summed E-state index contributed by atoms with van der Waals surface area (Å²) in [4.78, 5) is 39.0. The molecule has 0 saturated heterocycles. The Kier molecular flexibility index (Phi) is 6.12. The molecule has 1 heterocycles. The van der Waals surface area contributed by atoms with Gasteiger partial charge in [0, 0.05) is 30.3 Å². The second kappa shape index (κ2) is 8.76. The number of nitrogens with two attached hydrogens (primary N) is 1. The molecule has 31 heavy (non-hydrogen) atoms. The van der Waals surface area contributed by atoms with Crippen LogP contribution in [0.15, 0.2) is 55.1 Å². The molecule has 7 nitrogen and oxygen atoms in total. The second-order valence-electron chi connectivity index (χ2n) is 7.24. The number of rotatable bonds is 5. The Labute approximate surface area is 180 Å². The van der Waals surface area contributed by atoms with E-state index < -0.39 is 17.2 Å². The van der Waals surface area contributed by atoms with E-state index in [2.05, 4.69) is 23.7 Å². The third kappa shape index (κ3) is 4.59. The van der Waals surface area contributed by atoms with Crippen LogP contribution >= 0.6 is 0 Å². The van der Waals surface area contributed by atoms with Crippen molar-refractivity contribution in [2.24, 2.45) is 5.41 Å². The van der Waals surface area contributed by atoms with E-state index in [1.165, 1.54) is 25.0 Å². The van der Waals surface area contributed by atoms with Gasteiger partial charge in [-0.15, -0.1) is 6.58 Å². The molecule has 158 valence electrons. The smallest absolute Gasteiger partial charge is 0.254 e. The van der Waals surface area contributed by atoms with Gasteiger partial charge in [-0.05, 0) is 42.0 Å². The quantitative estimate of drug-likeness (QED) is 0.441. The molecule has 0 aliphatic carbocycles. The molecule has 3 amide bonds. The summed E-state index contributed by atoms with van der Waals surface area (Å²) in [5, 5.41) is 2.28. The number of fused-ring (bicyclic) bond motifs is 1. The molecule has 2 aromatic rings. The van der Waals surface area contributed by atoms with Crippen molar-refractivity contribution in [2.45, 2.75) is 13.5 Å². The van der Waals surface area contributed by atoms with Crippen LogP contribution in [0.5, 0.6) is 5.75 Å². The van der Waals surface area contributed by atoms with Crippen LogP contribution < -0.4 is 15.8 Å². The van der Waals surface area contributed by atoms with Gasteiger partial charge in [-0.1, -0.05) is 24.0 Å². The molecule has 1 aliphatic heterocycles. The van der Waals surface area contributed by atoms with Crippen LogP contribution in [0.25, 0.3) is 0 Å². The van der Waals surface area contributed by atoms with Gasteiger partial charge in [-0.3, -0.25) is 19.7 Å². The maximum absolute atomic E-state index is 13.0. The summed E-state index contributed by atoms with van der Waals surface area (Å²) in [5.74, 6) is 5.03. The normalized spacial score (nSPS) is 14.0. The predicted molar refractivity (Wildman–Crippen MR) is 117 cm³/mol. The zero-order valence-electron chi connectivity index (χ0n) is 17.4. The van der Waals surface area contributed by atoms with E-state index in [9.17, 15) is 14.4 Å². The molecule has 0 spiro atoms. The lowest BCUT2D eigenvalue weighted by Crippen LogP contribution is -2.48. The predicted octanol–water partition coefficient (Wildman–Crippen LogP) is 2.12. The van der Waals surface area contributed by atoms with Crippen LogP contribution in [-0.2, 0) is 16.1 Å². The molecule has 0 fully saturated rings. The summed E-state index contributed by atoms with van der Waals surface area (Å²) in [6, 6.07) is 12.1. The van der Waals surface area contributed by atoms with E-state index in [1.807, 2.05) is 6.07 Å². The van der Waals surface area contributed by atoms with Crippen molar-refractivity contribution in [1.29, 1.82) is 0 Å². The molecule has 0 aromatic heterocycles. The molecular formula is C24H23N3O4. The highest BCUT2D eigenvalue weighted by Crippen LogP contribution is 2.30. The minimum Gasteiger partial charge on any atom is -0.497 e. The number of nitrogens with zero attached hydrogens (tertiary/aromatic N) is 1. The van der Waals surface area contributed by atoms with Crippen LogP contribution in [0, 0.1) is 17.3 Å². The zero-order valence-corrected chi connectivity index (χ0v) is 17.4. The van der Waals surface area contributed by atoms with Crippen molar-refractivity contribution in [2.75, 3.05) is 19.4 Å². The number of hydrogen-bond acceptors (Lipinski definition) is 5. The maximum atomic E-state index is 13.0. The van der Waals surface area contributed by atoms with Crippen molar-refractivity contribution in [1.82, 2.24) is 10.2 Å². The van der Waals surface area contributed by atoms with Crippen LogP contribution in [0.2, 0.25) is 0 Å². The Balaban J connectivity index is 1.96. The first kappa shape index (κ1) is 21.7. The second-order valence-corrected chi connectivity index (χ2v) is 7.24. The third-order valence-corrected chi connectivity index (χ3v) is 5.02. The number of amides is 3. The standard InChI is InChI=1S/C24H23N3O4/c1-4-24(23(30)26-16(2)28,12-11-17-5-8-19(25)9-6-17)15-27-14-18-7-10-20(31-3)13-21(18)22(27)29/h4-10,13H,1,14-15,25H2,2-3H3,(H,26,28,30)/t24-/m0/s1. The van der Waals surface area contributed by atoms with Gasteiger partial charge in [0.1, 0.15) is 11.2 Å². The molecule has 3 N–H and O–H groups in total. The van der Waals surface area contributed by atoms with E-state index >= 15 is 0 Å². The Bertz CT molecular complexity index is 1110. The molecule has 2 aromatic carbocycles. The first-order chi connectivity index (χ1) is 14.8. The van der Waals surface area contributed by atoms with E-state index in [1.54, 1.807) is 36.4 Å². The number of ether oxygens (including phenoxy) is 1. The van der Waals surface area contributed by atoms with Gasteiger partial charge in [0.2, 0.25) is 5.91 Å². The highest BCUT2D eigenvalue weighted by Gasteiger charge is 2.40. The molecule has 0 unspecified atom stereocenters. The van der Waals surface area contributed by atoms with Gasteiger partial charge < -0.3 is 15.4 Å². The number of nitrogens with one attached hydrogen (secondary N) is 1. The molecule has 3 rings (SSSR count). The van der Waals surface area contributed by atoms with E-state index in [4.69, 9.17) is 10.5 Å². The Morgan fingerprint density at radius 2 is 2.00 bits per heavy atom.